The molecule has 0 aliphatic rings. The first-order valence-electron chi connectivity index (χ1n) is 6.17. The number of hydrogen-bond donors (Lipinski definition) is 1. The molecular weight excluding hydrogens is 254 g/mol. The smallest absolute Gasteiger partial charge is 0.112 e. The standard InChI is InChI=1S/C15H17N3S/c1-11-8-12(9-16)4-5-13(11)10-18-15(2,3)14-17-6-7-19-14/h4-8,18H,10H2,1-3H3. The van der Waals surface area contributed by atoms with Gasteiger partial charge in [-0.25, -0.2) is 4.98 Å². The van der Waals surface area contributed by atoms with Gasteiger partial charge in [0.1, 0.15) is 5.01 Å². The summed E-state index contributed by atoms with van der Waals surface area (Å²) in [5.74, 6) is 0. The van der Waals surface area contributed by atoms with Crippen LogP contribution < -0.4 is 5.32 Å². The van der Waals surface area contributed by atoms with E-state index in [-0.39, 0.29) is 5.54 Å². The number of rotatable bonds is 4. The second kappa shape index (κ2) is 5.52. The Morgan fingerprint density at radius 1 is 1.42 bits per heavy atom. The number of nitrogens with zero attached hydrogens (tertiary/aromatic N) is 2. The third-order valence-electron chi connectivity index (χ3n) is 3.16. The third-order valence-corrected chi connectivity index (χ3v) is 4.26. The van der Waals surface area contributed by atoms with Crippen molar-refractivity contribution in [2.24, 2.45) is 0 Å². The van der Waals surface area contributed by atoms with E-state index in [1.807, 2.05) is 36.7 Å². The van der Waals surface area contributed by atoms with Gasteiger partial charge in [-0.15, -0.1) is 11.3 Å². The monoisotopic (exact) mass is 271 g/mol. The molecule has 0 radical (unpaired) electrons. The van der Waals surface area contributed by atoms with Gasteiger partial charge in [-0.1, -0.05) is 6.07 Å². The van der Waals surface area contributed by atoms with Gasteiger partial charge in [0.25, 0.3) is 0 Å². The molecule has 0 aliphatic heterocycles. The van der Waals surface area contributed by atoms with Crippen molar-refractivity contribution in [1.29, 1.82) is 5.26 Å². The fourth-order valence-electron chi connectivity index (χ4n) is 1.89. The van der Waals surface area contributed by atoms with E-state index in [2.05, 4.69) is 30.2 Å². The SMILES string of the molecule is Cc1cc(C#N)ccc1CNC(C)(C)c1nccs1. The number of nitriles is 1. The quantitative estimate of drug-likeness (QED) is 0.927. The van der Waals surface area contributed by atoms with Crippen LogP contribution in [0.5, 0.6) is 0 Å². The molecule has 1 heterocycles. The Balaban J connectivity index is 2.09. The van der Waals surface area contributed by atoms with Crippen molar-refractivity contribution in [3.05, 3.63) is 51.5 Å². The van der Waals surface area contributed by atoms with Gasteiger partial charge >= 0.3 is 0 Å². The van der Waals surface area contributed by atoms with Crippen LogP contribution >= 0.6 is 11.3 Å². The van der Waals surface area contributed by atoms with Crippen LogP contribution in [0, 0.1) is 18.3 Å². The van der Waals surface area contributed by atoms with Crippen LogP contribution in [0.4, 0.5) is 0 Å². The lowest BCUT2D eigenvalue weighted by Gasteiger charge is -2.24. The van der Waals surface area contributed by atoms with E-state index in [9.17, 15) is 0 Å². The van der Waals surface area contributed by atoms with Gasteiger partial charge in [0, 0.05) is 18.1 Å². The number of aryl methyl sites for hydroxylation is 1. The van der Waals surface area contributed by atoms with Crippen LogP contribution in [0.25, 0.3) is 0 Å². The van der Waals surface area contributed by atoms with Crippen molar-refractivity contribution in [1.82, 2.24) is 10.3 Å². The Bertz CT molecular complexity index is 594. The van der Waals surface area contributed by atoms with Gasteiger partial charge in [0.2, 0.25) is 0 Å². The van der Waals surface area contributed by atoms with E-state index >= 15 is 0 Å². The van der Waals surface area contributed by atoms with Crippen molar-refractivity contribution in [3.63, 3.8) is 0 Å². The molecule has 0 saturated carbocycles. The highest BCUT2D eigenvalue weighted by Gasteiger charge is 2.22. The Morgan fingerprint density at radius 2 is 2.21 bits per heavy atom. The lowest BCUT2D eigenvalue weighted by molar-refractivity contribution is 0.399. The highest BCUT2D eigenvalue weighted by atomic mass is 32.1. The topological polar surface area (TPSA) is 48.7 Å². The normalized spacial score (nSPS) is 11.3. The first-order chi connectivity index (χ1) is 9.03. The van der Waals surface area contributed by atoms with Crippen molar-refractivity contribution >= 4 is 11.3 Å². The molecule has 4 heteroatoms. The number of nitrogens with one attached hydrogen (secondary N) is 1. The lowest BCUT2D eigenvalue weighted by Crippen LogP contribution is -2.36. The maximum Gasteiger partial charge on any atom is 0.112 e. The molecule has 0 amide bonds. The van der Waals surface area contributed by atoms with Gasteiger partial charge in [-0.3, -0.25) is 0 Å². The molecule has 0 atom stereocenters. The van der Waals surface area contributed by atoms with E-state index in [1.54, 1.807) is 11.3 Å². The van der Waals surface area contributed by atoms with Crippen LogP contribution in [0.3, 0.4) is 0 Å². The molecule has 2 aromatic rings. The van der Waals surface area contributed by atoms with Gasteiger partial charge in [-0.05, 0) is 44.0 Å². The molecule has 19 heavy (non-hydrogen) atoms. The Kier molecular flexibility index (Phi) is 3.98. The average molecular weight is 271 g/mol. The Labute approximate surface area is 117 Å². The second-order valence-corrected chi connectivity index (χ2v) is 5.96. The van der Waals surface area contributed by atoms with Crippen LogP contribution in [-0.4, -0.2) is 4.98 Å². The highest BCUT2D eigenvalue weighted by Crippen LogP contribution is 2.23. The van der Waals surface area contributed by atoms with E-state index in [0.717, 1.165) is 17.1 Å². The maximum atomic E-state index is 8.86. The van der Waals surface area contributed by atoms with Crippen LogP contribution in [0.1, 0.15) is 35.5 Å². The zero-order chi connectivity index (χ0) is 13.9. The lowest BCUT2D eigenvalue weighted by atomic mass is 10.0. The molecule has 0 saturated heterocycles. The molecule has 0 spiro atoms. The predicted octanol–water partition coefficient (Wildman–Crippen LogP) is 3.35. The number of benzene rings is 1. The molecule has 0 unspecified atom stereocenters. The molecule has 98 valence electrons. The van der Waals surface area contributed by atoms with Crippen molar-refractivity contribution in [3.8, 4) is 6.07 Å². The van der Waals surface area contributed by atoms with E-state index < -0.39 is 0 Å². The molecule has 0 bridgehead atoms. The minimum atomic E-state index is -0.144. The van der Waals surface area contributed by atoms with E-state index in [1.165, 1.54) is 5.56 Å². The largest absolute Gasteiger partial charge is 0.302 e. The van der Waals surface area contributed by atoms with E-state index in [0.29, 0.717) is 5.56 Å². The maximum absolute atomic E-state index is 8.86. The Morgan fingerprint density at radius 3 is 2.79 bits per heavy atom. The van der Waals surface area contributed by atoms with Crippen LogP contribution in [-0.2, 0) is 12.1 Å². The highest BCUT2D eigenvalue weighted by molar-refractivity contribution is 7.09. The summed E-state index contributed by atoms with van der Waals surface area (Å²) in [6, 6.07) is 7.96. The molecule has 0 fully saturated rings. The van der Waals surface area contributed by atoms with Gasteiger partial charge in [0.15, 0.2) is 0 Å². The first-order valence-corrected chi connectivity index (χ1v) is 7.05. The summed E-state index contributed by atoms with van der Waals surface area (Å²) in [7, 11) is 0. The fourth-order valence-corrected chi connectivity index (χ4v) is 2.63. The average Bonchev–Trinajstić information content (AvgIpc) is 2.92. The first kappa shape index (κ1) is 13.7. The molecule has 0 aliphatic carbocycles. The summed E-state index contributed by atoms with van der Waals surface area (Å²) in [5, 5.41) is 15.5. The zero-order valence-electron chi connectivity index (χ0n) is 11.4. The number of hydrogen-bond acceptors (Lipinski definition) is 4. The predicted molar refractivity (Wildman–Crippen MR) is 77.9 cm³/mol. The van der Waals surface area contributed by atoms with Gasteiger partial charge < -0.3 is 5.32 Å². The molecular formula is C15H17N3S. The Hall–Kier alpha value is -1.70. The van der Waals surface area contributed by atoms with Crippen LogP contribution in [0.2, 0.25) is 0 Å². The molecule has 1 aromatic carbocycles. The van der Waals surface area contributed by atoms with Crippen LogP contribution in [0.15, 0.2) is 29.8 Å². The molecule has 1 N–H and O–H groups in total. The van der Waals surface area contributed by atoms with Crippen molar-refractivity contribution in [2.45, 2.75) is 32.9 Å². The second-order valence-electron chi connectivity index (χ2n) is 5.07. The minimum Gasteiger partial charge on any atom is -0.302 e. The summed E-state index contributed by atoms with van der Waals surface area (Å²) in [5.41, 5.74) is 2.92. The summed E-state index contributed by atoms with van der Waals surface area (Å²) < 4.78 is 0. The summed E-state index contributed by atoms with van der Waals surface area (Å²) in [4.78, 5) is 4.36. The van der Waals surface area contributed by atoms with Gasteiger partial charge in [0.05, 0.1) is 17.2 Å². The van der Waals surface area contributed by atoms with Crippen molar-refractivity contribution < 1.29 is 0 Å². The summed E-state index contributed by atoms with van der Waals surface area (Å²) in [6.07, 6.45) is 1.83. The summed E-state index contributed by atoms with van der Waals surface area (Å²) in [6.45, 7) is 7.06. The molecule has 3 nitrogen and oxygen atoms in total. The van der Waals surface area contributed by atoms with Gasteiger partial charge in [-0.2, -0.15) is 5.26 Å². The third kappa shape index (κ3) is 3.19. The fraction of sp³-hybridized carbons (Fsp3) is 0.333. The number of aromatic nitrogens is 1. The minimum absolute atomic E-state index is 0.144. The van der Waals surface area contributed by atoms with E-state index in [4.69, 9.17) is 5.26 Å². The zero-order valence-corrected chi connectivity index (χ0v) is 12.2. The molecule has 2 rings (SSSR count). The number of thiazole rings is 1. The molecule has 1 aromatic heterocycles. The van der Waals surface area contributed by atoms with Crippen molar-refractivity contribution in [2.75, 3.05) is 0 Å². The summed E-state index contributed by atoms with van der Waals surface area (Å²) >= 11 is 1.66.